The lowest BCUT2D eigenvalue weighted by Crippen LogP contribution is -2.48. The molecule has 0 saturated heterocycles. The number of ether oxygens (including phenoxy) is 3. The molecule has 6 nitrogen and oxygen atoms in total. The van der Waals surface area contributed by atoms with Gasteiger partial charge in [0, 0.05) is 35.4 Å². The number of aryl methyl sites for hydroxylation is 1. The molecule has 4 rings (SSSR count). The molecule has 0 aliphatic carbocycles. The molecule has 0 saturated carbocycles. The van der Waals surface area contributed by atoms with Gasteiger partial charge in [0.05, 0.1) is 26.4 Å². The van der Waals surface area contributed by atoms with Crippen LogP contribution >= 0.6 is 0 Å². The number of hydrogen-bond donors (Lipinski definition) is 0. The van der Waals surface area contributed by atoms with E-state index in [0.717, 1.165) is 47.0 Å². The van der Waals surface area contributed by atoms with E-state index in [1.165, 1.54) is 5.56 Å². The molecule has 0 radical (unpaired) electrons. The number of carbonyl (C=O) groups is 1. The van der Waals surface area contributed by atoms with Gasteiger partial charge in [0.1, 0.15) is 5.69 Å². The van der Waals surface area contributed by atoms with Crippen molar-refractivity contribution in [2.75, 3.05) is 20.3 Å². The summed E-state index contributed by atoms with van der Waals surface area (Å²) in [4.78, 5) is 15.5. The molecule has 2 aliphatic heterocycles. The van der Waals surface area contributed by atoms with Crippen molar-refractivity contribution < 1.29 is 19.0 Å². The maximum atomic E-state index is 13.6. The summed E-state index contributed by atoms with van der Waals surface area (Å²) in [5.41, 5.74) is 4.80. The van der Waals surface area contributed by atoms with Gasteiger partial charge in [-0.25, -0.2) is 0 Å². The molecule has 3 heterocycles. The average molecular weight is 413 g/mol. The molecule has 0 N–H and O–H groups in total. The number of fused-ring (bicyclic) bond motifs is 5. The molecule has 1 amide bonds. The summed E-state index contributed by atoms with van der Waals surface area (Å²) < 4.78 is 19.6. The van der Waals surface area contributed by atoms with Gasteiger partial charge in [0.2, 0.25) is 0 Å². The minimum absolute atomic E-state index is 0.0443. The molecule has 0 bridgehead atoms. The summed E-state index contributed by atoms with van der Waals surface area (Å²) in [5.74, 6) is 1.56. The maximum absolute atomic E-state index is 13.6. The molecule has 0 fully saturated rings. The predicted molar refractivity (Wildman–Crippen MR) is 116 cm³/mol. The van der Waals surface area contributed by atoms with Gasteiger partial charge in [-0.1, -0.05) is 0 Å². The quantitative estimate of drug-likeness (QED) is 0.755. The van der Waals surface area contributed by atoms with Gasteiger partial charge in [-0.05, 0) is 64.8 Å². The molecule has 2 aliphatic rings. The van der Waals surface area contributed by atoms with Crippen molar-refractivity contribution in [3.05, 3.63) is 35.0 Å². The lowest BCUT2D eigenvalue weighted by atomic mass is 9.97. The van der Waals surface area contributed by atoms with E-state index in [4.69, 9.17) is 14.2 Å². The topological polar surface area (TPSA) is 52.9 Å². The van der Waals surface area contributed by atoms with E-state index >= 15 is 0 Å². The second-order valence-corrected chi connectivity index (χ2v) is 9.31. The number of rotatable bonds is 3. The van der Waals surface area contributed by atoms with Crippen LogP contribution in [0.2, 0.25) is 0 Å². The predicted octanol–water partition coefficient (Wildman–Crippen LogP) is 4.28. The molecular formula is C24H32N2O4. The first kappa shape index (κ1) is 20.8. The molecule has 0 atom stereocenters. The minimum atomic E-state index is -0.266. The van der Waals surface area contributed by atoms with Gasteiger partial charge in [-0.15, -0.1) is 0 Å². The fourth-order valence-corrected chi connectivity index (χ4v) is 4.42. The number of benzene rings is 1. The van der Waals surface area contributed by atoms with Crippen LogP contribution in [0.1, 0.15) is 56.2 Å². The van der Waals surface area contributed by atoms with Gasteiger partial charge >= 0.3 is 0 Å². The van der Waals surface area contributed by atoms with Crippen LogP contribution in [0.4, 0.5) is 0 Å². The molecular weight excluding hydrogens is 380 g/mol. The van der Waals surface area contributed by atoms with E-state index in [-0.39, 0.29) is 17.6 Å². The third-order valence-electron chi connectivity index (χ3n) is 5.78. The van der Waals surface area contributed by atoms with Gasteiger partial charge in [-0.3, -0.25) is 4.79 Å². The Balaban J connectivity index is 1.85. The Morgan fingerprint density at radius 2 is 1.83 bits per heavy atom. The van der Waals surface area contributed by atoms with E-state index < -0.39 is 0 Å². The summed E-state index contributed by atoms with van der Waals surface area (Å²) in [6, 6.07) is 6.24. The van der Waals surface area contributed by atoms with Crippen LogP contribution in [-0.2, 0) is 24.3 Å². The van der Waals surface area contributed by atoms with Crippen molar-refractivity contribution in [3.63, 3.8) is 0 Å². The van der Waals surface area contributed by atoms with Gasteiger partial charge in [-0.2, -0.15) is 0 Å². The summed E-state index contributed by atoms with van der Waals surface area (Å²) in [6.45, 7) is 12.6. The number of carbonyl (C=O) groups excluding carboxylic acids is 1. The van der Waals surface area contributed by atoms with E-state index in [2.05, 4.69) is 43.5 Å². The van der Waals surface area contributed by atoms with E-state index in [1.54, 1.807) is 7.11 Å². The van der Waals surface area contributed by atoms with Crippen molar-refractivity contribution >= 4 is 5.91 Å². The van der Waals surface area contributed by atoms with Crippen molar-refractivity contribution in [3.8, 4) is 22.8 Å². The minimum Gasteiger partial charge on any atom is -0.493 e. The zero-order valence-corrected chi connectivity index (χ0v) is 18.9. The Morgan fingerprint density at radius 3 is 2.50 bits per heavy atom. The van der Waals surface area contributed by atoms with Crippen LogP contribution in [0.15, 0.2) is 18.2 Å². The lowest BCUT2D eigenvalue weighted by Gasteiger charge is -2.37. The smallest absolute Gasteiger partial charge is 0.271 e. The summed E-state index contributed by atoms with van der Waals surface area (Å²) in [7, 11) is 1.67. The third kappa shape index (κ3) is 3.58. The summed E-state index contributed by atoms with van der Waals surface area (Å²) >= 11 is 0. The molecule has 0 spiro atoms. The maximum Gasteiger partial charge on any atom is 0.271 e. The SMILES string of the molecule is COc1cc2c(cc1OC(C)C)-c1cc3c(n1CC2)C(=O)N(C(C)(C)C)CCOC3. The Hall–Kier alpha value is -2.47. The average Bonchev–Trinajstić information content (AvgIpc) is 3.02. The number of amides is 1. The van der Waals surface area contributed by atoms with Crippen molar-refractivity contribution in [1.29, 1.82) is 0 Å². The van der Waals surface area contributed by atoms with Crippen LogP contribution < -0.4 is 9.47 Å². The van der Waals surface area contributed by atoms with Crippen molar-refractivity contribution in [2.45, 2.75) is 65.8 Å². The van der Waals surface area contributed by atoms with Crippen LogP contribution in [0.25, 0.3) is 11.3 Å². The molecule has 2 aromatic rings. The Bertz CT molecular complexity index is 969. The third-order valence-corrected chi connectivity index (χ3v) is 5.78. The van der Waals surface area contributed by atoms with E-state index in [1.807, 2.05) is 18.7 Å². The first-order valence-corrected chi connectivity index (χ1v) is 10.7. The summed E-state index contributed by atoms with van der Waals surface area (Å²) in [6.07, 6.45) is 0.883. The lowest BCUT2D eigenvalue weighted by molar-refractivity contribution is 0.0335. The number of hydrogen-bond acceptors (Lipinski definition) is 4. The Morgan fingerprint density at radius 1 is 1.07 bits per heavy atom. The van der Waals surface area contributed by atoms with E-state index in [9.17, 15) is 4.79 Å². The van der Waals surface area contributed by atoms with Crippen LogP contribution in [-0.4, -0.2) is 47.3 Å². The highest BCUT2D eigenvalue weighted by Gasteiger charge is 2.34. The standard InChI is InChI=1S/C24H32N2O4/c1-15(2)30-21-13-18-16(12-20(21)28-6)7-8-25-19(18)11-17-14-29-10-9-26(24(3,4)5)23(27)22(17)25/h11-13,15H,7-10,14H2,1-6H3. The number of methoxy groups -OCH3 is 1. The zero-order valence-electron chi connectivity index (χ0n) is 18.9. The van der Waals surface area contributed by atoms with Gasteiger partial charge in [0.25, 0.3) is 5.91 Å². The van der Waals surface area contributed by atoms with E-state index in [0.29, 0.717) is 19.8 Å². The molecule has 30 heavy (non-hydrogen) atoms. The van der Waals surface area contributed by atoms with Gasteiger partial charge < -0.3 is 23.7 Å². The van der Waals surface area contributed by atoms with Crippen molar-refractivity contribution in [1.82, 2.24) is 9.47 Å². The molecule has 6 heteroatoms. The number of nitrogens with zero attached hydrogens (tertiary/aromatic N) is 2. The number of aromatic nitrogens is 1. The van der Waals surface area contributed by atoms with Gasteiger partial charge in [0.15, 0.2) is 11.5 Å². The second-order valence-electron chi connectivity index (χ2n) is 9.31. The van der Waals surface area contributed by atoms with Crippen LogP contribution in [0.5, 0.6) is 11.5 Å². The molecule has 0 unspecified atom stereocenters. The normalized spacial score (nSPS) is 16.5. The largest absolute Gasteiger partial charge is 0.493 e. The first-order chi connectivity index (χ1) is 14.2. The molecule has 1 aromatic carbocycles. The Labute approximate surface area is 178 Å². The highest BCUT2D eigenvalue weighted by Crippen LogP contribution is 2.41. The summed E-state index contributed by atoms with van der Waals surface area (Å²) in [5, 5.41) is 0. The highest BCUT2D eigenvalue weighted by atomic mass is 16.5. The fraction of sp³-hybridized carbons (Fsp3) is 0.542. The van der Waals surface area contributed by atoms with Crippen LogP contribution in [0.3, 0.4) is 0 Å². The molecule has 1 aromatic heterocycles. The Kier molecular flexibility index (Phi) is 5.30. The highest BCUT2D eigenvalue weighted by molar-refractivity contribution is 5.96. The first-order valence-electron chi connectivity index (χ1n) is 10.7. The zero-order chi connectivity index (χ0) is 21.6. The monoisotopic (exact) mass is 412 g/mol. The second kappa shape index (κ2) is 7.65. The van der Waals surface area contributed by atoms with Crippen LogP contribution in [0, 0.1) is 0 Å². The fourth-order valence-electron chi connectivity index (χ4n) is 4.42. The molecule has 162 valence electrons. The van der Waals surface area contributed by atoms with Crippen molar-refractivity contribution in [2.24, 2.45) is 0 Å².